The number of anilines is 2. The molecule has 0 saturated carbocycles. The number of nitrogens with zero attached hydrogens (tertiary/aromatic N) is 3. The molecular formula is C19H20N4O3. The van der Waals surface area contributed by atoms with Gasteiger partial charge in [0.2, 0.25) is 5.60 Å². The molecule has 1 aliphatic heterocycles. The highest BCUT2D eigenvalue weighted by molar-refractivity contribution is 6.03. The van der Waals surface area contributed by atoms with Gasteiger partial charge in [0.05, 0.1) is 6.54 Å². The van der Waals surface area contributed by atoms with Crippen LogP contribution in [-0.2, 0) is 9.53 Å². The van der Waals surface area contributed by atoms with Crippen LogP contribution in [0, 0.1) is 6.92 Å². The SMILES string of the molecule is CCOC1(C(=O)O)C=NCC(c2ccc(Nc3cccc(C)n3)nc2)=C1. The molecule has 2 N–H and O–H groups in total. The number of carboxylic acid groups (broad SMARTS) is 1. The number of carbonyl (C=O) groups is 1. The number of dihydropyridines is 1. The van der Waals surface area contributed by atoms with Crippen molar-refractivity contribution in [1.29, 1.82) is 0 Å². The summed E-state index contributed by atoms with van der Waals surface area (Å²) in [5.41, 5.74) is 0.953. The molecule has 134 valence electrons. The zero-order valence-corrected chi connectivity index (χ0v) is 14.6. The standard InChI is InChI=1S/C19H20N4O3/c1-3-26-19(18(24)25)9-15(10-20-12-19)14-7-8-16(21-11-14)23-17-6-4-5-13(2)22-17/h4-9,11-12H,3,10H2,1-2H3,(H,24,25)(H,21,22,23). The van der Waals surface area contributed by atoms with E-state index in [9.17, 15) is 9.90 Å². The zero-order chi connectivity index (χ0) is 18.6. The van der Waals surface area contributed by atoms with Crippen molar-refractivity contribution < 1.29 is 14.6 Å². The van der Waals surface area contributed by atoms with E-state index in [0.29, 0.717) is 18.2 Å². The fourth-order valence-electron chi connectivity index (χ4n) is 2.69. The van der Waals surface area contributed by atoms with E-state index in [4.69, 9.17) is 4.74 Å². The minimum atomic E-state index is -1.52. The second-order valence-corrected chi connectivity index (χ2v) is 5.89. The third-order valence-corrected chi connectivity index (χ3v) is 3.93. The Hall–Kier alpha value is -3.06. The van der Waals surface area contributed by atoms with Crippen molar-refractivity contribution in [3.8, 4) is 0 Å². The molecule has 0 spiro atoms. The molecule has 0 aromatic carbocycles. The minimum Gasteiger partial charge on any atom is -0.479 e. The van der Waals surface area contributed by atoms with Gasteiger partial charge in [-0.15, -0.1) is 0 Å². The highest BCUT2D eigenvalue weighted by atomic mass is 16.5. The molecule has 0 amide bonds. The number of aromatic nitrogens is 2. The van der Waals surface area contributed by atoms with Gasteiger partial charge in [-0.2, -0.15) is 0 Å². The first-order valence-corrected chi connectivity index (χ1v) is 8.29. The molecule has 1 atom stereocenters. The number of nitrogens with one attached hydrogen (secondary N) is 1. The number of aliphatic carboxylic acids is 1. The molecule has 1 unspecified atom stereocenters. The Morgan fingerprint density at radius 2 is 2.15 bits per heavy atom. The molecule has 2 aromatic rings. The van der Waals surface area contributed by atoms with Gasteiger partial charge in [-0.1, -0.05) is 6.07 Å². The third kappa shape index (κ3) is 3.78. The first kappa shape index (κ1) is 17.8. The average Bonchev–Trinajstić information content (AvgIpc) is 2.63. The molecule has 3 rings (SSSR count). The molecule has 0 bridgehead atoms. The van der Waals surface area contributed by atoms with Crippen LogP contribution >= 0.6 is 0 Å². The van der Waals surface area contributed by atoms with Crippen LogP contribution in [0.4, 0.5) is 11.6 Å². The first-order chi connectivity index (χ1) is 12.5. The molecule has 0 radical (unpaired) electrons. The van der Waals surface area contributed by atoms with Gasteiger partial charge < -0.3 is 15.2 Å². The van der Waals surface area contributed by atoms with E-state index in [1.165, 1.54) is 6.21 Å². The lowest BCUT2D eigenvalue weighted by atomic mass is 9.95. The largest absolute Gasteiger partial charge is 0.479 e. The fraction of sp³-hybridized carbons (Fsp3) is 0.263. The highest BCUT2D eigenvalue weighted by Gasteiger charge is 2.37. The maximum Gasteiger partial charge on any atom is 0.345 e. The summed E-state index contributed by atoms with van der Waals surface area (Å²) in [7, 11) is 0. The number of aryl methyl sites for hydroxylation is 1. The summed E-state index contributed by atoms with van der Waals surface area (Å²) >= 11 is 0. The summed E-state index contributed by atoms with van der Waals surface area (Å²) in [6.07, 6.45) is 4.62. The van der Waals surface area contributed by atoms with Gasteiger partial charge in [0.15, 0.2) is 0 Å². The van der Waals surface area contributed by atoms with Crippen molar-refractivity contribution in [3.05, 3.63) is 53.9 Å². The smallest absolute Gasteiger partial charge is 0.345 e. The molecule has 7 heteroatoms. The van der Waals surface area contributed by atoms with E-state index < -0.39 is 11.6 Å². The van der Waals surface area contributed by atoms with Crippen molar-refractivity contribution in [2.24, 2.45) is 4.99 Å². The molecule has 2 aromatic heterocycles. The van der Waals surface area contributed by atoms with E-state index in [2.05, 4.69) is 20.3 Å². The number of carboxylic acids is 1. The monoisotopic (exact) mass is 352 g/mol. The Morgan fingerprint density at radius 1 is 1.31 bits per heavy atom. The number of aliphatic imine (C=N–C) groups is 1. The first-order valence-electron chi connectivity index (χ1n) is 8.29. The van der Waals surface area contributed by atoms with Crippen molar-refractivity contribution in [3.63, 3.8) is 0 Å². The van der Waals surface area contributed by atoms with Crippen molar-refractivity contribution >= 4 is 29.4 Å². The minimum absolute atomic E-state index is 0.271. The highest BCUT2D eigenvalue weighted by Crippen LogP contribution is 2.25. The van der Waals surface area contributed by atoms with E-state index >= 15 is 0 Å². The maximum absolute atomic E-state index is 11.6. The van der Waals surface area contributed by atoms with Gasteiger partial charge in [-0.05, 0) is 55.3 Å². The summed E-state index contributed by atoms with van der Waals surface area (Å²) in [5, 5.41) is 12.7. The van der Waals surface area contributed by atoms with Gasteiger partial charge in [0.25, 0.3) is 0 Å². The summed E-state index contributed by atoms with van der Waals surface area (Å²) < 4.78 is 5.43. The molecule has 0 saturated heterocycles. The quantitative estimate of drug-likeness (QED) is 0.830. The molecule has 1 aliphatic rings. The van der Waals surface area contributed by atoms with Gasteiger partial charge in [-0.3, -0.25) is 4.99 Å². The van der Waals surface area contributed by atoms with E-state index in [1.807, 2.05) is 37.3 Å². The lowest BCUT2D eigenvalue weighted by molar-refractivity contribution is -0.151. The number of hydrogen-bond acceptors (Lipinski definition) is 6. The van der Waals surface area contributed by atoms with Crippen LogP contribution in [0.2, 0.25) is 0 Å². The van der Waals surface area contributed by atoms with Crippen LogP contribution < -0.4 is 5.32 Å². The summed E-state index contributed by atoms with van der Waals surface area (Å²) in [6, 6.07) is 9.40. The van der Waals surface area contributed by atoms with Crippen molar-refractivity contribution in [2.45, 2.75) is 19.4 Å². The number of pyridine rings is 2. The Balaban J connectivity index is 1.81. The molecule has 3 heterocycles. The summed E-state index contributed by atoms with van der Waals surface area (Å²) in [5.74, 6) is 0.283. The number of ether oxygens (including phenoxy) is 1. The van der Waals surface area contributed by atoms with Crippen molar-refractivity contribution in [2.75, 3.05) is 18.5 Å². The number of rotatable bonds is 6. The van der Waals surface area contributed by atoms with Gasteiger partial charge in [-0.25, -0.2) is 14.8 Å². The lowest BCUT2D eigenvalue weighted by Crippen LogP contribution is -2.43. The second kappa shape index (κ2) is 7.45. The van der Waals surface area contributed by atoms with Crippen LogP contribution in [0.3, 0.4) is 0 Å². The predicted octanol–water partition coefficient (Wildman–Crippen LogP) is 2.86. The van der Waals surface area contributed by atoms with Crippen molar-refractivity contribution in [1.82, 2.24) is 9.97 Å². The van der Waals surface area contributed by atoms with E-state index in [1.54, 1.807) is 19.2 Å². The van der Waals surface area contributed by atoms with E-state index in [0.717, 1.165) is 16.8 Å². The van der Waals surface area contributed by atoms with Crippen LogP contribution in [0.25, 0.3) is 5.57 Å². The second-order valence-electron chi connectivity index (χ2n) is 5.89. The Kier molecular flexibility index (Phi) is 5.09. The molecule has 0 fully saturated rings. The van der Waals surface area contributed by atoms with E-state index in [-0.39, 0.29) is 6.61 Å². The Bertz CT molecular complexity index is 861. The molecule has 7 nitrogen and oxygen atoms in total. The fourth-order valence-corrected chi connectivity index (χ4v) is 2.69. The third-order valence-electron chi connectivity index (χ3n) is 3.93. The topological polar surface area (TPSA) is 96.7 Å². The van der Waals surface area contributed by atoms with Gasteiger partial charge >= 0.3 is 5.97 Å². The molecular weight excluding hydrogens is 332 g/mol. The Labute approximate surface area is 151 Å². The zero-order valence-electron chi connectivity index (χ0n) is 14.6. The van der Waals surface area contributed by atoms with Gasteiger partial charge in [0.1, 0.15) is 11.6 Å². The lowest BCUT2D eigenvalue weighted by Gasteiger charge is -2.25. The summed E-state index contributed by atoms with van der Waals surface area (Å²) in [6.45, 7) is 4.33. The molecule has 26 heavy (non-hydrogen) atoms. The predicted molar refractivity (Wildman–Crippen MR) is 99.8 cm³/mol. The van der Waals surface area contributed by atoms with Crippen LogP contribution in [0.5, 0.6) is 0 Å². The van der Waals surface area contributed by atoms with Crippen LogP contribution in [-0.4, -0.2) is 46.0 Å². The summed E-state index contributed by atoms with van der Waals surface area (Å²) in [4.78, 5) is 24.6. The average molecular weight is 352 g/mol. The normalized spacial score (nSPS) is 19.1. The van der Waals surface area contributed by atoms with Crippen LogP contribution in [0.15, 0.2) is 47.6 Å². The maximum atomic E-state index is 11.6. The van der Waals surface area contributed by atoms with Gasteiger partial charge in [0, 0.05) is 24.7 Å². The molecule has 0 aliphatic carbocycles. The van der Waals surface area contributed by atoms with Crippen LogP contribution in [0.1, 0.15) is 18.2 Å². The Morgan fingerprint density at radius 3 is 2.81 bits per heavy atom. The number of hydrogen-bond donors (Lipinski definition) is 2.